The number of hydrogen-bond acceptors (Lipinski definition) is 3. The molecule has 0 spiro atoms. The second kappa shape index (κ2) is 6.74. The van der Waals surface area contributed by atoms with Gasteiger partial charge in [0.15, 0.2) is 0 Å². The fourth-order valence-electron chi connectivity index (χ4n) is 2.52. The Labute approximate surface area is 119 Å². The van der Waals surface area contributed by atoms with Gasteiger partial charge < -0.3 is 10.0 Å². The Bertz CT molecular complexity index is 444. The van der Waals surface area contributed by atoms with Crippen molar-refractivity contribution in [1.29, 1.82) is 0 Å². The van der Waals surface area contributed by atoms with E-state index in [1.807, 2.05) is 10.7 Å². The van der Waals surface area contributed by atoms with Crippen molar-refractivity contribution in [2.24, 2.45) is 11.8 Å². The minimum absolute atomic E-state index is 0.103. The maximum Gasteiger partial charge on any atom is 0.323 e. The van der Waals surface area contributed by atoms with E-state index < -0.39 is 0 Å². The molecule has 2 amide bonds. The molecule has 20 heavy (non-hydrogen) atoms. The number of nitrogens with zero attached hydrogens (tertiary/aromatic N) is 3. The van der Waals surface area contributed by atoms with Crippen LogP contribution in [0.4, 0.5) is 10.6 Å². The minimum atomic E-state index is -0.103. The molecule has 1 aromatic heterocycles. The van der Waals surface area contributed by atoms with Crippen LogP contribution in [-0.4, -0.2) is 45.5 Å². The molecule has 1 unspecified atom stereocenters. The molecule has 2 rings (SSSR count). The van der Waals surface area contributed by atoms with E-state index in [0.29, 0.717) is 12.5 Å². The molecular formula is C14H24N4O2. The number of carbonyl (C=O) groups is 1. The van der Waals surface area contributed by atoms with Gasteiger partial charge in [-0.25, -0.2) is 9.48 Å². The molecule has 6 nitrogen and oxygen atoms in total. The summed E-state index contributed by atoms with van der Waals surface area (Å²) in [6.07, 6.45) is 3.64. The third-order valence-electron chi connectivity index (χ3n) is 3.55. The summed E-state index contributed by atoms with van der Waals surface area (Å²) in [4.78, 5) is 14.0. The van der Waals surface area contributed by atoms with Gasteiger partial charge >= 0.3 is 6.03 Å². The number of carbonyl (C=O) groups excluding carboxylic acids is 1. The third-order valence-corrected chi connectivity index (χ3v) is 3.55. The van der Waals surface area contributed by atoms with Gasteiger partial charge in [-0.15, -0.1) is 0 Å². The third kappa shape index (κ3) is 3.72. The average molecular weight is 280 g/mol. The Balaban J connectivity index is 1.95. The van der Waals surface area contributed by atoms with Crippen LogP contribution in [0.2, 0.25) is 0 Å². The molecule has 0 radical (unpaired) electrons. The number of piperidine rings is 1. The predicted molar refractivity (Wildman–Crippen MR) is 77.5 cm³/mol. The van der Waals surface area contributed by atoms with Crippen molar-refractivity contribution in [1.82, 2.24) is 14.7 Å². The second-order valence-corrected chi connectivity index (χ2v) is 5.86. The molecule has 0 bridgehead atoms. The van der Waals surface area contributed by atoms with E-state index in [2.05, 4.69) is 24.3 Å². The van der Waals surface area contributed by atoms with Crippen molar-refractivity contribution in [3.8, 4) is 0 Å². The van der Waals surface area contributed by atoms with Crippen LogP contribution in [0, 0.1) is 11.8 Å². The van der Waals surface area contributed by atoms with Crippen LogP contribution < -0.4 is 5.32 Å². The molecule has 1 fully saturated rings. The number of likely N-dealkylation sites (tertiary alicyclic amines) is 1. The second-order valence-electron chi connectivity index (χ2n) is 5.86. The molecular weight excluding hydrogens is 256 g/mol. The molecule has 2 heterocycles. The van der Waals surface area contributed by atoms with Crippen LogP contribution in [0.3, 0.4) is 0 Å². The monoisotopic (exact) mass is 280 g/mol. The van der Waals surface area contributed by atoms with Crippen LogP contribution in [0.5, 0.6) is 0 Å². The predicted octanol–water partition coefficient (Wildman–Crippen LogP) is 1.78. The summed E-state index contributed by atoms with van der Waals surface area (Å²) >= 11 is 0. The number of aliphatic hydroxyl groups excluding tert-OH is 1. The lowest BCUT2D eigenvalue weighted by Gasteiger charge is -2.31. The summed E-state index contributed by atoms with van der Waals surface area (Å²) in [5.74, 6) is 1.41. The maximum absolute atomic E-state index is 12.3. The van der Waals surface area contributed by atoms with Crippen molar-refractivity contribution in [2.45, 2.75) is 33.2 Å². The molecule has 0 saturated carbocycles. The Morgan fingerprint density at radius 1 is 1.60 bits per heavy atom. The summed E-state index contributed by atoms with van der Waals surface area (Å²) in [5.41, 5.74) is 0. The number of aromatic nitrogens is 2. The van der Waals surface area contributed by atoms with E-state index in [0.717, 1.165) is 31.7 Å². The summed E-state index contributed by atoms with van der Waals surface area (Å²) < 4.78 is 1.82. The normalized spacial score (nSPS) is 19.4. The highest BCUT2D eigenvalue weighted by Crippen LogP contribution is 2.17. The highest BCUT2D eigenvalue weighted by molar-refractivity contribution is 5.88. The first-order valence-electron chi connectivity index (χ1n) is 7.28. The maximum atomic E-state index is 12.3. The molecule has 1 aromatic rings. The number of nitrogens with one attached hydrogen (secondary N) is 1. The van der Waals surface area contributed by atoms with Gasteiger partial charge in [-0.05, 0) is 24.7 Å². The van der Waals surface area contributed by atoms with E-state index in [1.165, 1.54) is 0 Å². The first kappa shape index (κ1) is 14.8. The first-order valence-corrected chi connectivity index (χ1v) is 7.28. The van der Waals surface area contributed by atoms with Gasteiger partial charge in [0.2, 0.25) is 0 Å². The van der Waals surface area contributed by atoms with Gasteiger partial charge in [-0.1, -0.05) is 13.8 Å². The number of amides is 2. The van der Waals surface area contributed by atoms with Crippen molar-refractivity contribution >= 4 is 11.8 Å². The number of anilines is 1. The van der Waals surface area contributed by atoms with Gasteiger partial charge in [0.25, 0.3) is 0 Å². The number of aliphatic hydroxyl groups is 1. The average Bonchev–Trinajstić information content (AvgIpc) is 2.85. The Morgan fingerprint density at radius 2 is 2.40 bits per heavy atom. The van der Waals surface area contributed by atoms with Crippen LogP contribution >= 0.6 is 0 Å². The number of urea groups is 1. The van der Waals surface area contributed by atoms with Crippen LogP contribution in [0.1, 0.15) is 26.7 Å². The van der Waals surface area contributed by atoms with Crippen LogP contribution in [-0.2, 0) is 6.54 Å². The molecule has 112 valence electrons. The smallest absolute Gasteiger partial charge is 0.323 e. The zero-order chi connectivity index (χ0) is 14.5. The highest BCUT2D eigenvalue weighted by Gasteiger charge is 2.23. The van der Waals surface area contributed by atoms with E-state index in [1.54, 1.807) is 11.1 Å². The van der Waals surface area contributed by atoms with Crippen molar-refractivity contribution in [3.63, 3.8) is 0 Å². The van der Waals surface area contributed by atoms with Crippen molar-refractivity contribution in [3.05, 3.63) is 12.3 Å². The molecule has 1 aliphatic rings. The Kier molecular flexibility index (Phi) is 5.00. The Morgan fingerprint density at radius 3 is 3.10 bits per heavy atom. The quantitative estimate of drug-likeness (QED) is 0.883. The number of hydrogen-bond donors (Lipinski definition) is 2. The van der Waals surface area contributed by atoms with E-state index >= 15 is 0 Å². The zero-order valence-electron chi connectivity index (χ0n) is 12.2. The molecule has 1 aliphatic heterocycles. The lowest BCUT2D eigenvalue weighted by Crippen LogP contribution is -2.43. The molecule has 1 atom stereocenters. The molecule has 0 aromatic carbocycles. The SMILES string of the molecule is CC(C)Cn1nccc1NC(=O)N1CCCC(CO)C1. The van der Waals surface area contributed by atoms with Gasteiger partial charge in [0.05, 0.1) is 6.20 Å². The first-order chi connectivity index (χ1) is 9.60. The van der Waals surface area contributed by atoms with Gasteiger partial charge in [-0.3, -0.25) is 5.32 Å². The summed E-state index contributed by atoms with van der Waals surface area (Å²) in [7, 11) is 0. The lowest BCUT2D eigenvalue weighted by atomic mass is 9.99. The van der Waals surface area contributed by atoms with E-state index in [-0.39, 0.29) is 18.6 Å². The minimum Gasteiger partial charge on any atom is -0.396 e. The fourth-order valence-corrected chi connectivity index (χ4v) is 2.52. The molecule has 1 saturated heterocycles. The molecule has 6 heteroatoms. The van der Waals surface area contributed by atoms with Crippen LogP contribution in [0.25, 0.3) is 0 Å². The van der Waals surface area contributed by atoms with Crippen LogP contribution in [0.15, 0.2) is 12.3 Å². The van der Waals surface area contributed by atoms with Gasteiger partial charge in [-0.2, -0.15) is 5.10 Å². The molecule has 0 aliphatic carbocycles. The lowest BCUT2D eigenvalue weighted by molar-refractivity contribution is 0.136. The topological polar surface area (TPSA) is 70.4 Å². The number of rotatable bonds is 4. The Hall–Kier alpha value is -1.56. The highest BCUT2D eigenvalue weighted by atomic mass is 16.3. The van der Waals surface area contributed by atoms with Gasteiger partial charge in [0.1, 0.15) is 5.82 Å². The summed E-state index contributed by atoms with van der Waals surface area (Å²) in [6.45, 7) is 6.53. The zero-order valence-corrected chi connectivity index (χ0v) is 12.2. The summed E-state index contributed by atoms with van der Waals surface area (Å²) in [6, 6.07) is 1.71. The summed E-state index contributed by atoms with van der Waals surface area (Å²) in [5, 5.41) is 16.4. The van der Waals surface area contributed by atoms with Gasteiger partial charge in [0, 0.05) is 32.3 Å². The van der Waals surface area contributed by atoms with E-state index in [4.69, 9.17) is 0 Å². The van der Waals surface area contributed by atoms with Crippen molar-refractivity contribution in [2.75, 3.05) is 25.0 Å². The molecule has 2 N–H and O–H groups in total. The standard InChI is InChI=1S/C14H24N4O2/c1-11(2)8-18-13(5-6-15-18)16-14(20)17-7-3-4-12(9-17)10-19/h5-6,11-12,19H,3-4,7-10H2,1-2H3,(H,16,20). The fraction of sp³-hybridized carbons (Fsp3) is 0.714. The largest absolute Gasteiger partial charge is 0.396 e. The van der Waals surface area contributed by atoms with E-state index in [9.17, 15) is 9.90 Å². The van der Waals surface area contributed by atoms with Crippen molar-refractivity contribution < 1.29 is 9.90 Å².